The molecule has 0 bridgehead atoms. The lowest BCUT2D eigenvalue weighted by Gasteiger charge is -2.33. The Hall–Kier alpha value is -1.64. The number of aryl methyl sites for hydroxylation is 2. The highest BCUT2D eigenvalue weighted by Gasteiger charge is 2.27. The molecule has 138 valence electrons. The summed E-state index contributed by atoms with van der Waals surface area (Å²) in [7, 11) is 1.47. The third kappa shape index (κ3) is 5.69. The van der Waals surface area contributed by atoms with Gasteiger partial charge in [0.15, 0.2) is 0 Å². The molecule has 1 unspecified atom stereocenters. The van der Waals surface area contributed by atoms with Gasteiger partial charge in [0.05, 0.1) is 7.11 Å². The molecule has 1 saturated carbocycles. The second kappa shape index (κ2) is 9.74. The number of carbonyl (C=O) groups excluding carboxylic acids is 2. The fourth-order valence-electron chi connectivity index (χ4n) is 4.35. The number of ether oxygens (including phenoxy) is 1. The van der Waals surface area contributed by atoms with E-state index in [4.69, 9.17) is 4.74 Å². The Morgan fingerprint density at radius 1 is 1.28 bits per heavy atom. The number of rotatable bonds is 8. The van der Waals surface area contributed by atoms with Crippen molar-refractivity contribution in [2.75, 3.05) is 7.11 Å². The average Bonchev–Trinajstić information content (AvgIpc) is 2.64. The van der Waals surface area contributed by atoms with Crippen LogP contribution in [0.15, 0.2) is 18.2 Å². The normalized spacial score (nSPS) is 21.6. The maximum Gasteiger partial charge on any atom is 0.305 e. The van der Waals surface area contributed by atoms with Crippen molar-refractivity contribution >= 4 is 12.3 Å². The summed E-state index contributed by atoms with van der Waals surface area (Å²) in [6, 6.07) is 6.20. The van der Waals surface area contributed by atoms with Gasteiger partial charge in [-0.25, -0.2) is 0 Å². The zero-order valence-electron chi connectivity index (χ0n) is 15.9. The van der Waals surface area contributed by atoms with E-state index in [1.165, 1.54) is 31.9 Å². The van der Waals surface area contributed by atoms with Crippen LogP contribution in [0.5, 0.6) is 0 Å². The Bertz CT molecular complexity index is 571. The molecule has 0 saturated heterocycles. The maximum atomic E-state index is 11.4. The third-order valence-corrected chi connectivity index (χ3v) is 5.98. The van der Waals surface area contributed by atoms with E-state index in [9.17, 15) is 9.59 Å². The summed E-state index contributed by atoms with van der Waals surface area (Å²) in [5.74, 6) is 1.89. The lowest BCUT2D eigenvalue weighted by Crippen LogP contribution is -2.23. The largest absolute Gasteiger partial charge is 0.469 e. The predicted octanol–water partition coefficient (Wildman–Crippen LogP) is 5.14. The van der Waals surface area contributed by atoms with Gasteiger partial charge in [0.2, 0.25) is 0 Å². The first-order valence-electron chi connectivity index (χ1n) is 9.68. The molecule has 3 heteroatoms. The van der Waals surface area contributed by atoms with Crippen LogP contribution in [-0.2, 0) is 16.0 Å². The first-order chi connectivity index (χ1) is 12.1. The minimum Gasteiger partial charge on any atom is -0.469 e. The van der Waals surface area contributed by atoms with E-state index in [1.54, 1.807) is 0 Å². The topological polar surface area (TPSA) is 43.4 Å². The number of hydrogen-bond donors (Lipinski definition) is 0. The van der Waals surface area contributed by atoms with Crippen LogP contribution in [-0.4, -0.2) is 19.4 Å². The van der Waals surface area contributed by atoms with Crippen molar-refractivity contribution < 1.29 is 14.3 Å². The van der Waals surface area contributed by atoms with E-state index < -0.39 is 0 Å². The van der Waals surface area contributed by atoms with Gasteiger partial charge in [-0.05, 0) is 74.8 Å². The molecule has 0 N–H and O–H groups in total. The molecule has 0 aromatic heterocycles. The van der Waals surface area contributed by atoms with Gasteiger partial charge in [-0.3, -0.25) is 9.59 Å². The third-order valence-electron chi connectivity index (χ3n) is 5.98. The van der Waals surface area contributed by atoms with Gasteiger partial charge in [0, 0.05) is 12.0 Å². The minimum absolute atomic E-state index is 0.0729. The van der Waals surface area contributed by atoms with Crippen LogP contribution in [0.1, 0.15) is 73.4 Å². The molecule has 1 aliphatic carbocycles. The highest BCUT2D eigenvalue weighted by molar-refractivity contribution is 5.77. The van der Waals surface area contributed by atoms with Crippen molar-refractivity contribution in [3.8, 4) is 0 Å². The fourth-order valence-corrected chi connectivity index (χ4v) is 4.35. The molecular weight excluding hydrogens is 312 g/mol. The summed E-state index contributed by atoms with van der Waals surface area (Å²) in [4.78, 5) is 22.8. The summed E-state index contributed by atoms with van der Waals surface area (Å²) in [5.41, 5.74) is 3.16. The van der Waals surface area contributed by atoms with Gasteiger partial charge in [-0.15, -0.1) is 0 Å². The molecule has 0 aliphatic heterocycles. The van der Waals surface area contributed by atoms with Crippen LogP contribution in [0.2, 0.25) is 0 Å². The van der Waals surface area contributed by atoms with E-state index in [0.717, 1.165) is 49.0 Å². The smallest absolute Gasteiger partial charge is 0.305 e. The standard InChI is InChI=1S/C22H32O3/c1-4-18(11-12-20-8-5-16(2)13-21(20)15-23)19-9-6-17(7-10-19)14-22(24)25-3/h5,8,13,15,17-19H,4,6-7,9-12,14H2,1-3H3. The molecular formula is C22H32O3. The number of methoxy groups -OCH3 is 1. The molecule has 1 atom stereocenters. The van der Waals surface area contributed by atoms with Crippen molar-refractivity contribution in [1.82, 2.24) is 0 Å². The number of aldehydes is 1. The maximum absolute atomic E-state index is 11.4. The van der Waals surface area contributed by atoms with Crippen molar-refractivity contribution in [1.29, 1.82) is 0 Å². The van der Waals surface area contributed by atoms with Crippen molar-refractivity contribution in [2.24, 2.45) is 17.8 Å². The molecule has 0 spiro atoms. The molecule has 1 aliphatic rings. The second-order valence-corrected chi connectivity index (χ2v) is 7.59. The van der Waals surface area contributed by atoms with Crippen molar-refractivity contribution in [3.05, 3.63) is 34.9 Å². The predicted molar refractivity (Wildman–Crippen MR) is 101 cm³/mol. The summed E-state index contributed by atoms with van der Waals surface area (Å²) < 4.78 is 4.80. The summed E-state index contributed by atoms with van der Waals surface area (Å²) in [5, 5.41) is 0. The lowest BCUT2D eigenvalue weighted by molar-refractivity contribution is -0.142. The van der Waals surface area contributed by atoms with Crippen LogP contribution < -0.4 is 0 Å². The highest BCUT2D eigenvalue weighted by atomic mass is 16.5. The van der Waals surface area contributed by atoms with Gasteiger partial charge >= 0.3 is 5.97 Å². The van der Waals surface area contributed by atoms with E-state index in [-0.39, 0.29) is 5.97 Å². The Balaban J connectivity index is 1.87. The Kier molecular flexibility index (Phi) is 7.67. The van der Waals surface area contributed by atoms with Crippen LogP contribution >= 0.6 is 0 Å². The zero-order chi connectivity index (χ0) is 18.2. The van der Waals surface area contributed by atoms with Crippen LogP contribution in [0.4, 0.5) is 0 Å². The molecule has 1 aromatic carbocycles. The Morgan fingerprint density at radius 3 is 2.60 bits per heavy atom. The van der Waals surface area contributed by atoms with Gasteiger partial charge < -0.3 is 4.74 Å². The molecule has 3 nitrogen and oxygen atoms in total. The van der Waals surface area contributed by atoms with Gasteiger partial charge in [-0.1, -0.05) is 31.0 Å². The molecule has 1 aromatic rings. The first kappa shape index (κ1) is 19.7. The fraction of sp³-hybridized carbons (Fsp3) is 0.636. The van der Waals surface area contributed by atoms with Crippen LogP contribution in [0, 0.1) is 24.7 Å². The lowest BCUT2D eigenvalue weighted by atomic mass is 9.72. The first-order valence-corrected chi connectivity index (χ1v) is 9.68. The van der Waals surface area contributed by atoms with Gasteiger partial charge in [0.1, 0.15) is 6.29 Å². The monoisotopic (exact) mass is 344 g/mol. The zero-order valence-corrected chi connectivity index (χ0v) is 15.9. The molecule has 0 radical (unpaired) electrons. The minimum atomic E-state index is -0.0729. The Labute approximate surface area is 152 Å². The average molecular weight is 344 g/mol. The van der Waals surface area contributed by atoms with Gasteiger partial charge in [0.25, 0.3) is 0 Å². The molecule has 0 amide bonds. The SMILES string of the molecule is CCC(CCc1ccc(C)cc1C=O)C1CCC(CC(=O)OC)CC1. The molecule has 2 rings (SSSR count). The number of esters is 1. The Morgan fingerprint density at radius 2 is 2.00 bits per heavy atom. The number of benzene rings is 1. The van der Waals surface area contributed by atoms with E-state index >= 15 is 0 Å². The van der Waals surface area contributed by atoms with Crippen LogP contribution in [0.3, 0.4) is 0 Å². The highest BCUT2D eigenvalue weighted by Crippen LogP contribution is 2.38. The van der Waals surface area contributed by atoms with Gasteiger partial charge in [-0.2, -0.15) is 0 Å². The summed E-state index contributed by atoms with van der Waals surface area (Å²) in [6.07, 6.45) is 9.59. The number of carbonyl (C=O) groups is 2. The van der Waals surface area contributed by atoms with Crippen molar-refractivity contribution in [2.45, 2.75) is 65.2 Å². The van der Waals surface area contributed by atoms with E-state index in [1.807, 2.05) is 13.0 Å². The second-order valence-electron chi connectivity index (χ2n) is 7.59. The molecule has 25 heavy (non-hydrogen) atoms. The molecule has 0 heterocycles. The van der Waals surface area contributed by atoms with Crippen LogP contribution in [0.25, 0.3) is 0 Å². The number of hydrogen-bond acceptors (Lipinski definition) is 3. The van der Waals surface area contributed by atoms with E-state index in [0.29, 0.717) is 18.3 Å². The van der Waals surface area contributed by atoms with Crippen molar-refractivity contribution in [3.63, 3.8) is 0 Å². The summed E-state index contributed by atoms with van der Waals surface area (Å²) in [6.45, 7) is 4.30. The molecule has 1 fully saturated rings. The summed E-state index contributed by atoms with van der Waals surface area (Å²) >= 11 is 0. The quantitative estimate of drug-likeness (QED) is 0.485. The van der Waals surface area contributed by atoms with E-state index in [2.05, 4.69) is 19.1 Å².